The summed E-state index contributed by atoms with van der Waals surface area (Å²) in [4.78, 5) is 0.417. The molecule has 1 aliphatic rings. The van der Waals surface area contributed by atoms with Crippen LogP contribution in [-0.4, -0.2) is 21.0 Å². The van der Waals surface area contributed by atoms with Crippen LogP contribution in [0.5, 0.6) is 0 Å². The van der Waals surface area contributed by atoms with E-state index in [1.165, 1.54) is 0 Å². The summed E-state index contributed by atoms with van der Waals surface area (Å²) in [6.45, 7) is 9.65. The van der Waals surface area contributed by atoms with Gasteiger partial charge in [0.1, 0.15) is 0 Å². The highest BCUT2D eigenvalue weighted by atomic mass is 32.2. The summed E-state index contributed by atoms with van der Waals surface area (Å²) in [5.74, 6) is 0.626. The SMILES string of the molecule is CCNCc1cc(S(=O)(=O)NC2CC(C)C2)c(C)cc1C. The van der Waals surface area contributed by atoms with E-state index < -0.39 is 10.0 Å². The Morgan fingerprint density at radius 3 is 2.43 bits per heavy atom. The third kappa shape index (κ3) is 3.84. The second-order valence-corrected chi connectivity index (χ2v) is 7.90. The average molecular weight is 310 g/mol. The van der Waals surface area contributed by atoms with Crippen molar-refractivity contribution in [2.75, 3.05) is 6.54 Å². The third-order valence-electron chi connectivity index (χ3n) is 4.18. The molecule has 2 N–H and O–H groups in total. The molecule has 1 saturated carbocycles. The summed E-state index contributed by atoms with van der Waals surface area (Å²) in [6.07, 6.45) is 1.88. The average Bonchev–Trinajstić information content (AvgIpc) is 2.35. The zero-order chi connectivity index (χ0) is 15.6. The first-order valence-electron chi connectivity index (χ1n) is 7.66. The zero-order valence-electron chi connectivity index (χ0n) is 13.4. The zero-order valence-corrected chi connectivity index (χ0v) is 14.2. The van der Waals surface area contributed by atoms with Crippen LogP contribution in [0.4, 0.5) is 0 Å². The van der Waals surface area contributed by atoms with Gasteiger partial charge in [0.25, 0.3) is 0 Å². The van der Waals surface area contributed by atoms with Gasteiger partial charge in [-0.25, -0.2) is 13.1 Å². The summed E-state index contributed by atoms with van der Waals surface area (Å²) >= 11 is 0. The van der Waals surface area contributed by atoms with Crippen LogP contribution in [0.25, 0.3) is 0 Å². The summed E-state index contributed by atoms with van der Waals surface area (Å²) < 4.78 is 28.0. The number of hydrogen-bond acceptors (Lipinski definition) is 3. The molecule has 0 saturated heterocycles. The van der Waals surface area contributed by atoms with Crippen molar-refractivity contribution in [3.05, 3.63) is 28.8 Å². The molecule has 5 heteroatoms. The van der Waals surface area contributed by atoms with Crippen molar-refractivity contribution in [3.63, 3.8) is 0 Å². The molecule has 0 radical (unpaired) electrons. The molecular weight excluding hydrogens is 284 g/mol. The number of hydrogen-bond donors (Lipinski definition) is 2. The highest BCUT2D eigenvalue weighted by molar-refractivity contribution is 7.89. The second-order valence-electron chi connectivity index (χ2n) is 6.22. The lowest BCUT2D eigenvalue weighted by molar-refractivity contribution is 0.270. The molecule has 0 aliphatic heterocycles. The first kappa shape index (κ1) is 16.5. The number of aryl methyl sites for hydroxylation is 2. The van der Waals surface area contributed by atoms with Crippen LogP contribution >= 0.6 is 0 Å². The normalized spacial score (nSPS) is 22.1. The van der Waals surface area contributed by atoms with Crippen molar-refractivity contribution in [1.29, 1.82) is 0 Å². The maximum absolute atomic E-state index is 12.6. The van der Waals surface area contributed by atoms with E-state index in [1.807, 2.05) is 32.9 Å². The standard InChI is InChI=1S/C16H26N2O2S/c1-5-17-10-14-9-16(13(4)8-12(14)3)21(19,20)18-15-6-11(2)7-15/h8-9,11,15,17-18H,5-7,10H2,1-4H3. The number of sulfonamides is 1. The fourth-order valence-corrected chi connectivity index (χ4v) is 4.43. The highest BCUT2D eigenvalue weighted by Gasteiger charge is 2.30. The summed E-state index contributed by atoms with van der Waals surface area (Å²) in [5.41, 5.74) is 2.99. The maximum atomic E-state index is 12.6. The Morgan fingerprint density at radius 1 is 1.19 bits per heavy atom. The van der Waals surface area contributed by atoms with E-state index in [2.05, 4.69) is 17.0 Å². The van der Waals surface area contributed by atoms with Crippen LogP contribution < -0.4 is 10.0 Å². The van der Waals surface area contributed by atoms with Gasteiger partial charge >= 0.3 is 0 Å². The third-order valence-corrected chi connectivity index (χ3v) is 5.85. The lowest BCUT2D eigenvalue weighted by Gasteiger charge is -2.33. The molecule has 0 aromatic heterocycles. The number of benzene rings is 1. The van der Waals surface area contributed by atoms with Crippen molar-refractivity contribution in [2.45, 2.75) is 58.0 Å². The van der Waals surface area contributed by atoms with Crippen LogP contribution in [0.15, 0.2) is 17.0 Å². The molecular formula is C16H26N2O2S. The van der Waals surface area contributed by atoms with E-state index in [0.29, 0.717) is 17.4 Å². The molecule has 0 amide bonds. The topological polar surface area (TPSA) is 58.2 Å². The predicted octanol–water partition coefficient (Wildman–Crippen LogP) is 2.49. The maximum Gasteiger partial charge on any atom is 0.241 e. The summed E-state index contributed by atoms with van der Waals surface area (Å²) in [6, 6.07) is 3.88. The predicted molar refractivity (Wildman–Crippen MR) is 85.8 cm³/mol. The molecule has 118 valence electrons. The fraction of sp³-hybridized carbons (Fsp3) is 0.625. The Hall–Kier alpha value is -0.910. The van der Waals surface area contributed by atoms with Gasteiger partial charge in [-0.3, -0.25) is 0 Å². The number of rotatable bonds is 6. The van der Waals surface area contributed by atoms with Gasteiger partial charge in [-0.05, 0) is 61.9 Å². The molecule has 21 heavy (non-hydrogen) atoms. The monoisotopic (exact) mass is 310 g/mol. The Balaban J connectivity index is 2.24. The summed E-state index contributed by atoms with van der Waals surface area (Å²) in [5, 5.41) is 3.26. The molecule has 1 aliphatic carbocycles. The molecule has 2 rings (SSSR count). The van der Waals surface area contributed by atoms with Crippen molar-refractivity contribution < 1.29 is 8.42 Å². The Bertz CT molecular complexity index is 605. The van der Waals surface area contributed by atoms with Gasteiger partial charge in [0.2, 0.25) is 10.0 Å². The lowest BCUT2D eigenvalue weighted by atomic mass is 9.83. The van der Waals surface area contributed by atoms with Crippen LogP contribution in [-0.2, 0) is 16.6 Å². The van der Waals surface area contributed by atoms with E-state index in [0.717, 1.165) is 36.1 Å². The van der Waals surface area contributed by atoms with Crippen molar-refractivity contribution >= 4 is 10.0 Å². The van der Waals surface area contributed by atoms with E-state index in [1.54, 1.807) is 0 Å². The van der Waals surface area contributed by atoms with Crippen molar-refractivity contribution in [2.24, 2.45) is 5.92 Å². The van der Waals surface area contributed by atoms with Gasteiger partial charge in [0.15, 0.2) is 0 Å². The minimum Gasteiger partial charge on any atom is -0.313 e. The fourth-order valence-electron chi connectivity index (χ4n) is 2.90. The van der Waals surface area contributed by atoms with Crippen molar-refractivity contribution in [1.82, 2.24) is 10.0 Å². The molecule has 0 unspecified atom stereocenters. The van der Waals surface area contributed by atoms with Crippen LogP contribution in [0.3, 0.4) is 0 Å². The van der Waals surface area contributed by atoms with Crippen molar-refractivity contribution in [3.8, 4) is 0 Å². The molecule has 0 heterocycles. The van der Waals surface area contributed by atoms with Gasteiger partial charge in [0.05, 0.1) is 4.90 Å². The lowest BCUT2D eigenvalue weighted by Crippen LogP contribution is -2.43. The molecule has 0 atom stereocenters. The van der Waals surface area contributed by atoms with Gasteiger partial charge in [0, 0.05) is 12.6 Å². The van der Waals surface area contributed by atoms with Gasteiger partial charge < -0.3 is 5.32 Å². The quantitative estimate of drug-likeness (QED) is 0.849. The summed E-state index contributed by atoms with van der Waals surface area (Å²) in [7, 11) is -3.42. The molecule has 1 aromatic rings. The van der Waals surface area contributed by atoms with Gasteiger partial charge in [-0.2, -0.15) is 0 Å². The van der Waals surface area contributed by atoms with E-state index in [-0.39, 0.29) is 6.04 Å². The largest absolute Gasteiger partial charge is 0.313 e. The highest BCUT2D eigenvalue weighted by Crippen LogP contribution is 2.29. The van der Waals surface area contributed by atoms with Gasteiger partial charge in [-0.15, -0.1) is 0 Å². The smallest absolute Gasteiger partial charge is 0.241 e. The minimum atomic E-state index is -3.42. The molecule has 1 fully saturated rings. The Kier molecular flexibility index (Phi) is 5.07. The first-order valence-corrected chi connectivity index (χ1v) is 9.15. The van der Waals surface area contributed by atoms with E-state index in [9.17, 15) is 8.42 Å². The van der Waals surface area contributed by atoms with Crippen LogP contribution in [0.1, 0.15) is 43.4 Å². The molecule has 0 spiro atoms. The Morgan fingerprint density at radius 2 is 1.86 bits per heavy atom. The second kappa shape index (κ2) is 6.46. The van der Waals surface area contributed by atoms with Gasteiger partial charge in [-0.1, -0.05) is 19.9 Å². The Labute approximate surface area is 128 Å². The van der Waals surface area contributed by atoms with Crippen LogP contribution in [0, 0.1) is 19.8 Å². The minimum absolute atomic E-state index is 0.0999. The first-order chi connectivity index (χ1) is 9.83. The van der Waals surface area contributed by atoms with E-state index in [4.69, 9.17) is 0 Å². The molecule has 4 nitrogen and oxygen atoms in total. The molecule has 1 aromatic carbocycles. The molecule has 0 bridgehead atoms. The van der Waals surface area contributed by atoms with Crippen LogP contribution in [0.2, 0.25) is 0 Å². The van der Waals surface area contributed by atoms with E-state index >= 15 is 0 Å². The number of nitrogens with one attached hydrogen (secondary N) is 2.